The van der Waals surface area contributed by atoms with Gasteiger partial charge in [-0.15, -0.1) is 0 Å². The van der Waals surface area contributed by atoms with Crippen LogP contribution in [0.3, 0.4) is 0 Å². The maximum absolute atomic E-state index is 10.4. The van der Waals surface area contributed by atoms with Crippen LogP contribution in [0.25, 0.3) is 0 Å². The predicted octanol–water partition coefficient (Wildman–Crippen LogP) is 2.92. The van der Waals surface area contributed by atoms with Crippen LogP contribution in [0.2, 0.25) is 0 Å². The van der Waals surface area contributed by atoms with Gasteiger partial charge in [0, 0.05) is 12.5 Å². The van der Waals surface area contributed by atoms with Gasteiger partial charge >= 0.3 is 0 Å². The number of piperidine rings is 1. The van der Waals surface area contributed by atoms with Crippen molar-refractivity contribution in [3.8, 4) is 0 Å². The zero-order valence-electron chi connectivity index (χ0n) is 11.5. The molecule has 2 rings (SSSR count). The van der Waals surface area contributed by atoms with Gasteiger partial charge in [0.05, 0.1) is 6.10 Å². The molecule has 1 aliphatic heterocycles. The van der Waals surface area contributed by atoms with Crippen molar-refractivity contribution in [1.82, 2.24) is 5.32 Å². The lowest BCUT2D eigenvalue weighted by Gasteiger charge is -2.27. The number of benzene rings is 1. The number of rotatable bonds is 4. The first kappa shape index (κ1) is 13.6. The molecule has 0 aromatic heterocycles. The summed E-state index contributed by atoms with van der Waals surface area (Å²) in [6.07, 6.45) is 3.10. The maximum Gasteiger partial charge on any atom is 0.0830 e. The monoisotopic (exact) mass is 247 g/mol. The summed E-state index contributed by atoms with van der Waals surface area (Å²) in [4.78, 5) is 0. The fourth-order valence-electron chi connectivity index (χ4n) is 2.74. The van der Waals surface area contributed by atoms with Crippen molar-refractivity contribution in [2.24, 2.45) is 11.8 Å². The van der Waals surface area contributed by atoms with Crippen molar-refractivity contribution in [2.45, 2.75) is 39.2 Å². The molecular weight excluding hydrogens is 222 g/mol. The van der Waals surface area contributed by atoms with E-state index in [1.165, 1.54) is 12.0 Å². The van der Waals surface area contributed by atoms with E-state index in [0.29, 0.717) is 11.8 Å². The van der Waals surface area contributed by atoms with Gasteiger partial charge in [0.15, 0.2) is 0 Å². The van der Waals surface area contributed by atoms with Gasteiger partial charge in [-0.05, 0) is 42.9 Å². The number of hydrogen-bond donors (Lipinski definition) is 2. The third-order valence-corrected chi connectivity index (χ3v) is 3.75. The Morgan fingerprint density at radius 3 is 2.56 bits per heavy atom. The first-order valence-electron chi connectivity index (χ1n) is 7.14. The van der Waals surface area contributed by atoms with Crippen LogP contribution < -0.4 is 5.32 Å². The van der Waals surface area contributed by atoms with Crippen molar-refractivity contribution < 1.29 is 5.11 Å². The SMILES string of the molecule is CC(C)Cc1ccc(C(O)C2CCCNC2)cc1. The third-order valence-electron chi connectivity index (χ3n) is 3.75. The van der Waals surface area contributed by atoms with E-state index >= 15 is 0 Å². The standard InChI is InChI=1S/C16H25NO/c1-12(2)10-13-5-7-14(8-6-13)16(18)15-4-3-9-17-11-15/h5-8,12,15-18H,3-4,9-11H2,1-2H3. The molecule has 1 saturated heterocycles. The number of hydrogen-bond acceptors (Lipinski definition) is 2. The van der Waals surface area contributed by atoms with Crippen LogP contribution in [0.4, 0.5) is 0 Å². The fraction of sp³-hybridized carbons (Fsp3) is 0.625. The van der Waals surface area contributed by atoms with Crippen LogP contribution in [0.1, 0.15) is 43.9 Å². The lowest BCUT2D eigenvalue weighted by Crippen LogP contribution is -2.33. The minimum absolute atomic E-state index is 0.314. The summed E-state index contributed by atoms with van der Waals surface area (Å²) in [6.45, 7) is 6.50. The molecule has 100 valence electrons. The lowest BCUT2D eigenvalue weighted by atomic mass is 9.89. The van der Waals surface area contributed by atoms with E-state index in [-0.39, 0.29) is 6.10 Å². The smallest absolute Gasteiger partial charge is 0.0830 e. The van der Waals surface area contributed by atoms with Gasteiger partial charge in [-0.2, -0.15) is 0 Å². The second-order valence-corrected chi connectivity index (χ2v) is 5.89. The molecule has 0 radical (unpaired) electrons. The Balaban J connectivity index is 1.99. The maximum atomic E-state index is 10.4. The van der Waals surface area contributed by atoms with Crippen LogP contribution in [0.5, 0.6) is 0 Å². The molecule has 1 heterocycles. The highest BCUT2D eigenvalue weighted by Crippen LogP contribution is 2.27. The average molecular weight is 247 g/mol. The second-order valence-electron chi connectivity index (χ2n) is 5.89. The summed E-state index contributed by atoms with van der Waals surface area (Å²) in [5.74, 6) is 1.05. The van der Waals surface area contributed by atoms with Gasteiger partial charge in [0.2, 0.25) is 0 Å². The van der Waals surface area contributed by atoms with Gasteiger partial charge in [0.1, 0.15) is 0 Å². The molecule has 2 nitrogen and oxygen atoms in total. The Hall–Kier alpha value is -0.860. The van der Waals surface area contributed by atoms with E-state index in [2.05, 4.69) is 43.4 Å². The Kier molecular flexibility index (Phi) is 4.79. The molecule has 0 bridgehead atoms. The van der Waals surface area contributed by atoms with Crippen LogP contribution >= 0.6 is 0 Å². The first-order chi connectivity index (χ1) is 8.66. The summed E-state index contributed by atoms with van der Waals surface area (Å²) < 4.78 is 0. The quantitative estimate of drug-likeness (QED) is 0.857. The number of aliphatic hydroxyl groups is 1. The van der Waals surface area contributed by atoms with Crippen molar-refractivity contribution in [2.75, 3.05) is 13.1 Å². The highest BCUT2D eigenvalue weighted by molar-refractivity contribution is 5.25. The van der Waals surface area contributed by atoms with Gasteiger partial charge in [-0.3, -0.25) is 0 Å². The summed E-state index contributed by atoms with van der Waals surface area (Å²) in [6, 6.07) is 8.51. The summed E-state index contributed by atoms with van der Waals surface area (Å²) in [5.41, 5.74) is 2.43. The molecule has 0 spiro atoms. The molecule has 0 amide bonds. The molecule has 2 unspecified atom stereocenters. The number of aliphatic hydroxyl groups excluding tert-OH is 1. The Bertz CT molecular complexity index is 352. The largest absolute Gasteiger partial charge is 0.388 e. The molecule has 1 aromatic carbocycles. The van der Waals surface area contributed by atoms with Gasteiger partial charge < -0.3 is 10.4 Å². The van der Waals surface area contributed by atoms with E-state index in [4.69, 9.17) is 0 Å². The zero-order chi connectivity index (χ0) is 13.0. The molecule has 2 heteroatoms. The summed E-state index contributed by atoms with van der Waals surface area (Å²) >= 11 is 0. The average Bonchev–Trinajstić information content (AvgIpc) is 2.39. The predicted molar refractivity (Wildman–Crippen MR) is 75.5 cm³/mol. The first-order valence-corrected chi connectivity index (χ1v) is 7.14. The van der Waals surface area contributed by atoms with E-state index in [1.54, 1.807) is 0 Å². The van der Waals surface area contributed by atoms with Crippen molar-refractivity contribution in [3.05, 3.63) is 35.4 Å². The molecular formula is C16H25NO. The molecule has 2 atom stereocenters. The zero-order valence-corrected chi connectivity index (χ0v) is 11.5. The van der Waals surface area contributed by atoms with Gasteiger partial charge in [0.25, 0.3) is 0 Å². The van der Waals surface area contributed by atoms with Gasteiger partial charge in [-0.1, -0.05) is 38.1 Å². The van der Waals surface area contributed by atoms with Crippen molar-refractivity contribution >= 4 is 0 Å². The van der Waals surface area contributed by atoms with Crippen LogP contribution in [0, 0.1) is 11.8 Å². The van der Waals surface area contributed by atoms with Gasteiger partial charge in [-0.25, -0.2) is 0 Å². The highest BCUT2D eigenvalue weighted by atomic mass is 16.3. The van der Waals surface area contributed by atoms with E-state index in [0.717, 1.165) is 31.5 Å². The fourth-order valence-corrected chi connectivity index (χ4v) is 2.74. The molecule has 1 fully saturated rings. The highest BCUT2D eigenvalue weighted by Gasteiger charge is 2.22. The minimum atomic E-state index is -0.314. The second kappa shape index (κ2) is 6.35. The minimum Gasteiger partial charge on any atom is -0.388 e. The molecule has 18 heavy (non-hydrogen) atoms. The molecule has 2 N–H and O–H groups in total. The van der Waals surface area contributed by atoms with Crippen LogP contribution in [-0.2, 0) is 6.42 Å². The van der Waals surface area contributed by atoms with E-state index < -0.39 is 0 Å². The Morgan fingerprint density at radius 2 is 2.00 bits per heavy atom. The molecule has 1 aliphatic rings. The Morgan fingerprint density at radius 1 is 1.28 bits per heavy atom. The van der Waals surface area contributed by atoms with Crippen LogP contribution in [0.15, 0.2) is 24.3 Å². The topological polar surface area (TPSA) is 32.3 Å². The van der Waals surface area contributed by atoms with Crippen molar-refractivity contribution in [1.29, 1.82) is 0 Å². The van der Waals surface area contributed by atoms with Crippen LogP contribution in [-0.4, -0.2) is 18.2 Å². The summed E-state index contributed by atoms with van der Waals surface area (Å²) in [5, 5.41) is 13.7. The van der Waals surface area contributed by atoms with E-state index in [1.807, 2.05) is 0 Å². The summed E-state index contributed by atoms with van der Waals surface area (Å²) in [7, 11) is 0. The molecule has 1 aromatic rings. The number of nitrogens with one attached hydrogen (secondary N) is 1. The lowest BCUT2D eigenvalue weighted by molar-refractivity contribution is 0.0921. The normalized spacial score (nSPS) is 22.1. The molecule has 0 aliphatic carbocycles. The Labute approximate surface area is 110 Å². The van der Waals surface area contributed by atoms with E-state index in [9.17, 15) is 5.11 Å². The third kappa shape index (κ3) is 3.56. The molecule has 0 saturated carbocycles. The van der Waals surface area contributed by atoms with Crippen molar-refractivity contribution in [3.63, 3.8) is 0 Å².